The van der Waals surface area contributed by atoms with E-state index in [9.17, 15) is 0 Å². The largest absolute Gasteiger partial charge is 0.459 e. The lowest BCUT2D eigenvalue weighted by Gasteiger charge is -2.26. The Kier molecular flexibility index (Phi) is 3.42. The number of hydrogen-bond donors (Lipinski definition) is 0. The van der Waals surface area contributed by atoms with Crippen LogP contribution in [-0.2, 0) is 19.5 Å². The zero-order chi connectivity index (χ0) is 15.8. The summed E-state index contributed by atoms with van der Waals surface area (Å²) in [7, 11) is 0. The lowest BCUT2D eigenvalue weighted by atomic mass is 10.1. The zero-order valence-corrected chi connectivity index (χ0v) is 13.1. The normalized spacial score (nSPS) is 14.9. The van der Waals surface area contributed by atoms with Gasteiger partial charge in [0.05, 0.1) is 18.5 Å². The first-order valence-corrected chi connectivity index (χ1v) is 7.59. The molecule has 0 unspecified atom stereocenters. The van der Waals surface area contributed by atoms with Crippen LogP contribution in [0.2, 0.25) is 0 Å². The van der Waals surface area contributed by atoms with Gasteiger partial charge < -0.3 is 8.83 Å². The predicted octanol–water partition coefficient (Wildman–Crippen LogP) is 2.29. The van der Waals surface area contributed by atoms with Gasteiger partial charge in [-0.05, 0) is 31.9 Å². The fraction of sp³-hybridized carbons (Fsp3) is 0.375. The van der Waals surface area contributed by atoms with Crippen molar-refractivity contribution in [3.8, 4) is 11.7 Å². The quantitative estimate of drug-likeness (QED) is 0.734. The smallest absolute Gasteiger partial charge is 0.283 e. The lowest BCUT2D eigenvalue weighted by molar-refractivity contribution is 0.218. The number of nitrogens with zero attached hydrogens (tertiary/aromatic N) is 5. The second kappa shape index (κ2) is 5.58. The summed E-state index contributed by atoms with van der Waals surface area (Å²) in [6.45, 7) is 6.17. The highest BCUT2D eigenvalue weighted by Gasteiger charge is 2.21. The number of fused-ring (bicyclic) bond motifs is 1. The van der Waals surface area contributed by atoms with Crippen LogP contribution >= 0.6 is 0 Å². The van der Waals surface area contributed by atoms with Crippen molar-refractivity contribution in [2.24, 2.45) is 0 Å². The van der Waals surface area contributed by atoms with Gasteiger partial charge in [-0.2, -0.15) is 0 Å². The van der Waals surface area contributed by atoms with Crippen molar-refractivity contribution in [1.29, 1.82) is 0 Å². The van der Waals surface area contributed by atoms with E-state index in [2.05, 4.69) is 25.1 Å². The summed E-state index contributed by atoms with van der Waals surface area (Å²) < 4.78 is 11.1. The summed E-state index contributed by atoms with van der Waals surface area (Å²) in [6.07, 6.45) is 4.49. The Labute approximate surface area is 133 Å². The van der Waals surface area contributed by atoms with Gasteiger partial charge in [-0.15, -0.1) is 10.2 Å². The topological polar surface area (TPSA) is 81.1 Å². The highest BCUT2D eigenvalue weighted by Crippen LogP contribution is 2.24. The average molecular weight is 311 g/mol. The van der Waals surface area contributed by atoms with Crippen molar-refractivity contribution in [2.45, 2.75) is 33.4 Å². The summed E-state index contributed by atoms with van der Waals surface area (Å²) in [6, 6.07) is 1.88. The molecule has 1 aliphatic heterocycles. The van der Waals surface area contributed by atoms with E-state index in [0.717, 1.165) is 36.6 Å². The van der Waals surface area contributed by atoms with Crippen LogP contribution in [0.15, 0.2) is 27.4 Å². The minimum atomic E-state index is 0.429. The van der Waals surface area contributed by atoms with E-state index in [4.69, 9.17) is 8.83 Å². The van der Waals surface area contributed by atoms with E-state index < -0.39 is 0 Å². The minimum absolute atomic E-state index is 0.429. The molecular weight excluding hydrogens is 294 g/mol. The summed E-state index contributed by atoms with van der Waals surface area (Å²) in [5.41, 5.74) is 3.30. The van der Waals surface area contributed by atoms with Crippen LogP contribution in [0.5, 0.6) is 0 Å². The molecule has 4 heterocycles. The Morgan fingerprint density at radius 1 is 1.26 bits per heavy atom. The van der Waals surface area contributed by atoms with E-state index in [0.29, 0.717) is 24.1 Å². The highest BCUT2D eigenvalue weighted by atomic mass is 16.4. The number of rotatable bonds is 3. The van der Waals surface area contributed by atoms with Crippen molar-refractivity contribution in [2.75, 3.05) is 6.54 Å². The monoisotopic (exact) mass is 311 g/mol. The average Bonchev–Trinajstić information content (AvgIpc) is 3.15. The van der Waals surface area contributed by atoms with E-state index >= 15 is 0 Å². The van der Waals surface area contributed by atoms with E-state index in [-0.39, 0.29) is 0 Å². The zero-order valence-electron chi connectivity index (χ0n) is 13.1. The van der Waals surface area contributed by atoms with E-state index in [1.165, 1.54) is 5.56 Å². The molecule has 0 amide bonds. The van der Waals surface area contributed by atoms with Gasteiger partial charge in [0.25, 0.3) is 5.89 Å². The van der Waals surface area contributed by atoms with Gasteiger partial charge in [0, 0.05) is 24.8 Å². The van der Waals surface area contributed by atoms with Crippen LogP contribution in [0.3, 0.4) is 0 Å². The van der Waals surface area contributed by atoms with Crippen LogP contribution in [0.4, 0.5) is 0 Å². The van der Waals surface area contributed by atoms with Gasteiger partial charge in [0.2, 0.25) is 5.89 Å². The molecule has 4 rings (SSSR count). The number of aryl methyl sites for hydroxylation is 2. The number of furan rings is 1. The Balaban J connectivity index is 1.49. The second-order valence-corrected chi connectivity index (χ2v) is 5.78. The molecule has 118 valence electrons. The van der Waals surface area contributed by atoms with Gasteiger partial charge in [-0.25, -0.2) is 9.97 Å². The molecule has 0 aromatic carbocycles. The SMILES string of the molecule is Cc1ncc2c(n1)CN(Cc1nnc(-c3occc3C)o1)CC2. The standard InChI is InChI=1S/C16H17N5O2/c1-10-4-6-22-15(10)16-20-19-14(23-16)9-21-5-3-12-7-17-11(2)18-13(12)8-21/h4,6-7H,3,5,8-9H2,1-2H3. The molecule has 0 aliphatic carbocycles. The van der Waals surface area contributed by atoms with Crippen LogP contribution in [0.25, 0.3) is 11.7 Å². The first kappa shape index (κ1) is 14.1. The molecule has 0 saturated heterocycles. The van der Waals surface area contributed by atoms with Crippen molar-refractivity contribution >= 4 is 0 Å². The molecule has 0 fully saturated rings. The molecule has 3 aromatic rings. The van der Waals surface area contributed by atoms with Crippen molar-refractivity contribution in [3.63, 3.8) is 0 Å². The molecule has 0 spiro atoms. The Morgan fingerprint density at radius 2 is 2.17 bits per heavy atom. The third kappa shape index (κ3) is 2.75. The molecule has 0 radical (unpaired) electrons. The molecule has 0 saturated carbocycles. The number of hydrogen-bond acceptors (Lipinski definition) is 7. The molecule has 23 heavy (non-hydrogen) atoms. The second-order valence-electron chi connectivity index (χ2n) is 5.78. The highest BCUT2D eigenvalue weighted by molar-refractivity contribution is 5.49. The molecule has 0 N–H and O–H groups in total. The predicted molar refractivity (Wildman–Crippen MR) is 81.3 cm³/mol. The molecular formula is C16H17N5O2. The van der Waals surface area contributed by atoms with Gasteiger partial charge in [-0.1, -0.05) is 0 Å². The maximum atomic E-state index is 5.73. The third-order valence-corrected chi connectivity index (χ3v) is 4.03. The van der Waals surface area contributed by atoms with Gasteiger partial charge in [0.1, 0.15) is 5.82 Å². The maximum absolute atomic E-state index is 5.73. The Morgan fingerprint density at radius 3 is 3.00 bits per heavy atom. The fourth-order valence-electron chi connectivity index (χ4n) is 2.78. The number of aromatic nitrogens is 4. The van der Waals surface area contributed by atoms with Crippen molar-refractivity contribution in [3.05, 3.63) is 47.1 Å². The van der Waals surface area contributed by atoms with Crippen LogP contribution < -0.4 is 0 Å². The van der Waals surface area contributed by atoms with E-state index in [1.54, 1.807) is 6.26 Å². The molecule has 7 nitrogen and oxygen atoms in total. The molecule has 0 atom stereocenters. The Bertz CT molecular complexity index is 839. The lowest BCUT2D eigenvalue weighted by Crippen LogP contribution is -2.31. The van der Waals surface area contributed by atoms with Crippen LogP contribution in [0.1, 0.15) is 28.5 Å². The van der Waals surface area contributed by atoms with Crippen molar-refractivity contribution < 1.29 is 8.83 Å². The van der Waals surface area contributed by atoms with E-state index in [1.807, 2.05) is 26.1 Å². The molecule has 3 aromatic heterocycles. The fourth-order valence-corrected chi connectivity index (χ4v) is 2.78. The van der Waals surface area contributed by atoms with Crippen LogP contribution in [-0.4, -0.2) is 31.6 Å². The molecule has 0 bridgehead atoms. The van der Waals surface area contributed by atoms with Gasteiger partial charge in [0.15, 0.2) is 5.76 Å². The summed E-state index contributed by atoms with van der Waals surface area (Å²) in [5.74, 6) is 2.46. The summed E-state index contributed by atoms with van der Waals surface area (Å²) in [5, 5.41) is 8.21. The molecule has 1 aliphatic rings. The Hall–Kier alpha value is -2.54. The van der Waals surface area contributed by atoms with Gasteiger partial charge >= 0.3 is 0 Å². The van der Waals surface area contributed by atoms with Gasteiger partial charge in [-0.3, -0.25) is 4.90 Å². The molecule has 7 heteroatoms. The maximum Gasteiger partial charge on any atom is 0.283 e. The van der Waals surface area contributed by atoms with Crippen molar-refractivity contribution in [1.82, 2.24) is 25.1 Å². The van der Waals surface area contributed by atoms with Crippen LogP contribution in [0, 0.1) is 13.8 Å². The minimum Gasteiger partial charge on any atom is -0.459 e. The first-order chi connectivity index (χ1) is 11.2. The summed E-state index contributed by atoms with van der Waals surface area (Å²) in [4.78, 5) is 11.0. The first-order valence-electron chi connectivity index (χ1n) is 7.59. The summed E-state index contributed by atoms with van der Waals surface area (Å²) >= 11 is 0. The third-order valence-electron chi connectivity index (χ3n) is 4.03.